The van der Waals surface area contributed by atoms with Crippen LogP contribution in [0.25, 0.3) is 0 Å². The molecule has 0 unspecified atom stereocenters. The Morgan fingerprint density at radius 2 is 1.75 bits per heavy atom. The van der Waals surface area contributed by atoms with Gasteiger partial charge in [0.05, 0.1) is 4.90 Å². The predicted molar refractivity (Wildman–Crippen MR) is 69.6 cm³/mol. The number of carboxylic acids is 2. The number of nitrogens with zero attached hydrogens (tertiary/aromatic N) is 1. The van der Waals surface area contributed by atoms with E-state index in [4.69, 9.17) is 22.0 Å². The smallest absolute Gasteiger partial charge is 0.323 e. The van der Waals surface area contributed by atoms with Crippen LogP contribution >= 0.6 is 11.8 Å². The SMILES string of the molecule is O=C(O)CC[C@@H](C(=O)O)N(Cl)S(=O)(=O)c1ccccc1. The first-order chi connectivity index (χ1) is 9.26. The summed E-state index contributed by atoms with van der Waals surface area (Å²) in [4.78, 5) is 21.3. The second-order valence-corrected chi connectivity index (χ2v) is 6.23. The monoisotopic (exact) mass is 321 g/mol. The summed E-state index contributed by atoms with van der Waals surface area (Å²) in [5.74, 6) is -2.75. The average molecular weight is 322 g/mol. The minimum absolute atomic E-state index is 0.160. The summed E-state index contributed by atoms with van der Waals surface area (Å²) in [6.45, 7) is 0. The van der Waals surface area contributed by atoms with Crippen molar-refractivity contribution >= 4 is 33.7 Å². The van der Waals surface area contributed by atoms with Crippen molar-refractivity contribution in [3.63, 3.8) is 0 Å². The van der Waals surface area contributed by atoms with Gasteiger partial charge in [-0.1, -0.05) is 22.0 Å². The molecule has 0 aliphatic heterocycles. The molecular weight excluding hydrogens is 310 g/mol. The van der Waals surface area contributed by atoms with Gasteiger partial charge in [0.1, 0.15) is 6.04 Å². The normalized spacial score (nSPS) is 13.1. The number of sulfonamides is 1. The van der Waals surface area contributed by atoms with E-state index in [1.807, 2.05) is 0 Å². The maximum Gasteiger partial charge on any atom is 0.323 e. The highest BCUT2D eigenvalue weighted by atomic mass is 35.5. The van der Waals surface area contributed by atoms with Crippen LogP contribution in [0.2, 0.25) is 0 Å². The molecule has 0 fully saturated rings. The number of carboxylic acid groups (broad SMARTS) is 2. The van der Waals surface area contributed by atoms with Gasteiger partial charge in [-0.05, 0) is 30.3 Å². The van der Waals surface area contributed by atoms with Crippen LogP contribution in [0.15, 0.2) is 35.2 Å². The molecule has 1 aromatic rings. The van der Waals surface area contributed by atoms with Gasteiger partial charge in [-0.25, -0.2) is 8.42 Å². The minimum Gasteiger partial charge on any atom is -0.481 e. The van der Waals surface area contributed by atoms with Gasteiger partial charge in [0.25, 0.3) is 10.0 Å². The van der Waals surface area contributed by atoms with Gasteiger partial charge in [-0.15, -0.1) is 0 Å². The van der Waals surface area contributed by atoms with E-state index in [-0.39, 0.29) is 8.72 Å². The van der Waals surface area contributed by atoms with Gasteiger partial charge in [0.15, 0.2) is 0 Å². The molecule has 0 aliphatic rings. The van der Waals surface area contributed by atoms with E-state index in [0.29, 0.717) is 0 Å². The van der Waals surface area contributed by atoms with E-state index in [1.165, 1.54) is 24.3 Å². The number of halogens is 1. The molecule has 0 saturated heterocycles. The summed E-state index contributed by atoms with van der Waals surface area (Å²) in [6, 6.07) is 5.39. The highest BCUT2D eigenvalue weighted by Crippen LogP contribution is 2.22. The van der Waals surface area contributed by atoms with Gasteiger partial charge >= 0.3 is 11.9 Å². The van der Waals surface area contributed by atoms with Crippen molar-refractivity contribution in [3.8, 4) is 0 Å². The quantitative estimate of drug-likeness (QED) is 0.728. The first kappa shape index (κ1) is 16.4. The Bertz CT molecular complexity index is 588. The van der Waals surface area contributed by atoms with E-state index >= 15 is 0 Å². The van der Waals surface area contributed by atoms with Crippen molar-refractivity contribution in [3.05, 3.63) is 30.3 Å². The summed E-state index contributed by atoms with van der Waals surface area (Å²) < 4.78 is 24.4. The second kappa shape index (κ2) is 6.69. The van der Waals surface area contributed by atoms with E-state index in [9.17, 15) is 18.0 Å². The average Bonchev–Trinajstić information content (AvgIpc) is 2.39. The highest BCUT2D eigenvalue weighted by molar-refractivity contribution is 7.90. The topological polar surface area (TPSA) is 112 Å². The third-order valence-electron chi connectivity index (χ3n) is 2.43. The third kappa shape index (κ3) is 3.92. The Kier molecular flexibility index (Phi) is 5.49. The van der Waals surface area contributed by atoms with Crippen LogP contribution < -0.4 is 0 Å². The Morgan fingerprint density at radius 3 is 2.20 bits per heavy atom. The van der Waals surface area contributed by atoms with E-state index in [2.05, 4.69) is 0 Å². The lowest BCUT2D eigenvalue weighted by atomic mass is 10.2. The van der Waals surface area contributed by atoms with Crippen LogP contribution in [0.1, 0.15) is 12.8 Å². The standard InChI is InChI=1S/C11H12ClNO6S/c12-13(9(11(16)17)6-7-10(14)15)20(18,19)8-4-2-1-3-5-8/h1-5,9H,6-7H2,(H,14,15)(H,16,17)/t9-/m0/s1. The molecule has 0 spiro atoms. The molecule has 20 heavy (non-hydrogen) atoms. The fourth-order valence-electron chi connectivity index (χ4n) is 1.43. The molecular formula is C11H12ClNO6S. The van der Waals surface area contributed by atoms with Crippen molar-refractivity contribution in [1.82, 2.24) is 3.82 Å². The molecule has 0 aromatic heterocycles. The fraction of sp³-hybridized carbons (Fsp3) is 0.273. The lowest BCUT2D eigenvalue weighted by Crippen LogP contribution is -2.39. The third-order valence-corrected chi connectivity index (χ3v) is 4.79. The molecule has 1 aromatic carbocycles. The van der Waals surface area contributed by atoms with Crippen molar-refractivity contribution in [2.75, 3.05) is 0 Å². The lowest BCUT2D eigenvalue weighted by molar-refractivity contribution is -0.141. The van der Waals surface area contributed by atoms with Crippen LogP contribution in [0.4, 0.5) is 0 Å². The van der Waals surface area contributed by atoms with Crippen molar-refractivity contribution in [2.45, 2.75) is 23.8 Å². The first-order valence-electron chi connectivity index (χ1n) is 5.46. The van der Waals surface area contributed by atoms with E-state index in [1.54, 1.807) is 6.07 Å². The minimum atomic E-state index is -4.21. The Labute approximate surface area is 120 Å². The number of rotatable bonds is 7. The van der Waals surface area contributed by atoms with Crippen LogP contribution in [0.3, 0.4) is 0 Å². The number of carbonyl (C=O) groups is 2. The summed E-state index contributed by atoms with van der Waals surface area (Å²) >= 11 is 5.62. The maximum absolute atomic E-state index is 12.1. The molecule has 1 atom stereocenters. The van der Waals surface area contributed by atoms with Gasteiger partial charge in [-0.3, -0.25) is 9.59 Å². The van der Waals surface area contributed by atoms with Gasteiger partial charge < -0.3 is 10.2 Å². The molecule has 0 saturated carbocycles. The van der Waals surface area contributed by atoms with Crippen LogP contribution in [0.5, 0.6) is 0 Å². The van der Waals surface area contributed by atoms with E-state index in [0.717, 1.165) is 0 Å². The van der Waals surface area contributed by atoms with Gasteiger partial charge in [0.2, 0.25) is 0 Å². The number of benzene rings is 1. The molecule has 0 radical (unpaired) electrons. The molecule has 7 nitrogen and oxygen atoms in total. The molecule has 2 N–H and O–H groups in total. The van der Waals surface area contributed by atoms with Crippen LogP contribution in [-0.2, 0) is 19.6 Å². The Morgan fingerprint density at radius 1 is 1.20 bits per heavy atom. The Hall–Kier alpha value is -1.64. The Balaban J connectivity index is 3.03. The number of hydrogen-bond donors (Lipinski definition) is 2. The number of aliphatic carboxylic acids is 2. The lowest BCUT2D eigenvalue weighted by Gasteiger charge is -2.20. The zero-order valence-electron chi connectivity index (χ0n) is 10.1. The molecule has 110 valence electrons. The highest BCUT2D eigenvalue weighted by Gasteiger charge is 2.35. The first-order valence-corrected chi connectivity index (χ1v) is 7.24. The summed E-state index contributed by atoms with van der Waals surface area (Å²) in [6.07, 6.45) is -0.940. The molecule has 1 rings (SSSR count). The summed E-state index contributed by atoms with van der Waals surface area (Å²) in [5.41, 5.74) is 0. The molecule has 0 heterocycles. The van der Waals surface area contributed by atoms with Crippen molar-refractivity contribution in [2.24, 2.45) is 0 Å². The summed E-state index contributed by atoms with van der Waals surface area (Å²) in [5, 5.41) is 17.5. The van der Waals surface area contributed by atoms with Crippen LogP contribution in [-0.4, -0.2) is 40.4 Å². The summed E-state index contributed by atoms with van der Waals surface area (Å²) in [7, 11) is -4.21. The maximum atomic E-state index is 12.1. The van der Waals surface area contributed by atoms with E-state index < -0.39 is 40.8 Å². The van der Waals surface area contributed by atoms with Crippen molar-refractivity contribution < 1.29 is 28.2 Å². The molecule has 0 amide bonds. The largest absolute Gasteiger partial charge is 0.481 e. The fourth-order valence-corrected chi connectivity index (χ4v) is 3.09. The molecule has 0 aliphatic carbocycles. The van der Waals surface area contributed by atoms with Crippen molar-refractivity contribution in [1.29, 1.82) is 0 Å². The molecule has 9 heteroatoms. The van der Waals surface area contributed by atoms with Gasteiger partial charge in [-0.2, -0.15) is 0 Å². The predicted octanol–water partition coefficient (Wildman–Crippen LogP) is 1.15. The van der Waals surface area contributed by atoms with Crippen LogP contribution in [0, 0.1) is 0 Å². The zero-order valence-corrected chi connectivity index (χ0v) is 11.7. The number of hydrogen-bond acceptors (Lipinski definition) is 4. The van der Waals surface area contributed by atoms with Gasteiger partial charge in [0, 0.05) is 6.42 Å². The zero-order chi connectivity index (χ0) is 15.3. The molecule has 0 bridgehead atoms. The second-order valence-electron chi connectivity index (χ2n) is 3.85.